The maximum atomic E-state index is 13.8. The van der Waals surface area contributed by atoms with Crippen LogP contribution in [0.1, 0.15) is 81.9 Å². The van der Waals surface area contributed by atoms with Crippen molar-refractivity contribution in [2.24, 2.45) is 5.92 Å². The highest BCUT2D eigenvalue weighted by atomic mass is 19.4. The summed E-state index contributed by atoms with van der Waals surface area (Å²) in [7, 11) is 1.34. The molecule has 1 aliphatic carbocycles. The van der Waals surface area contributed by atoms with E-state index < -0.39 is 35.6 Å². The summed E-state index contributed by atoms with van der Waals surface area (Å²) in [4.78, 5) is 37.8. The van der Waals surface area contributed by atoms with Crippen LogP contribution in [0.4, 0.5) is 37.1 Å². The molecule has 18 heteroatoms. The maximum Gasteiger partial charge on any atom is 0.416 e. The predicted octanol–water partition coefficient (Wildman–Crippen LogP) is 6.39. The number of amides is 1. The molecule has 1 saturated heterocycles. The summed E-state index contributed by atoms with van der Waals surface area (Å²) >= 11 is 0. The number of piperidine rings is 1. The van der Waals surface area contributed by atoms with Gasteiger partial charge in [-0.1, -0.05) is 13.8 Å². The number of likely N-dealkylation sites (tertiary alicyclic amines) is 1. The van der Waals surface area contributed by atoms with Gasteiger partial charge in [0.25, 0.3) is 0 Å². The van der Waals surface area contributed by atoms with Crippen molar-refractivity contribution in [3.05, 3.63) is 53.6 Å². The maximum absolute atomic E-state index is 13.8. The molecule has 12 nitrogen and oxygen atoms in total. The number of esters is 1. The number of aromatic nitrogens is 6. The van der Waals surface area contributed by atoms with Crippen LogP contribution in [0.15, 0.2) is 36.9 Å². The van der Waals surface area contributed by atoms with Gasteiger partial charge in [0, 0.05) is 24.7 Å². The van der Waals surface area contributed by atoms with Crippen molar-refractivity contribution >= 4 is 18.0 Å². The van der Waals surface area contributed by atoms with Crippen molar-refractivity contribution in [2.45, 2.75) is 108 Å². The van der Waals surface area contributed by atoms with Gasteiger partial charge in [-0.2, -0.15) is 31.0 Å². The second-order valence-corrected chi connectivity index (χ2v) is 12.6. The molecule has 0 unspecified atom stereocenters. The second-order valence-electron chi connectivity index (χ2n) is 12.6. The molecule has 0 spiro atoms. The van der Waals surface area contributed by atoms with Crippen LogP contribution < -0.4 is 4.90 Å². The first kappa shape index (κ1) is 36.8. The Hall–Kier alpha value is -4.51. The summed E-state index contributed by atoms with van der Waals surface area (Å²) < 4.78 is 94.8. The summed E-state index contributed by atoms with van der Waals surface area (Å²) in [5.74, 6) is -0.454. The molecule has 3 atom stereocenters. The van der Waals surface area contributed by atoms with Gasteiger partial charge in [0.1, 0.15) is 18.1 Å². The first-order valence-corrected chi connectivity index (χ1v) is 16.4. The average molecular weight is 713 g/mol. The number of hydrogen-bond donors (Lipinski definition) is 0. The number of carbonyl (C=O) groups excluding carboxylic acids is 2. The number of methoxy groups -OCH3 is 1. The Labute approximate surface area is 284 Å². The molecule has 1 aliphatic heterocycles. The van der Waals surface area contributed by atoms with Gasteiger partial charge < -0.3 is 19.3 Å². The zero-order valence-corrected chi connectivity index (χ0v) is 27.7. The number of nitrogens with zero attached hydrogens (tertiary/aromatic N) is 8. The van der Waals surface area contributed by atoms with Crippen molar-refractivity contribution < 1.29 is 45.4 Å². The number of tetrazole rings is 1. The fraction of sp³-hybridized carbons (Fsp3) is 0.594. The van der Waals surface area contributed by atoms with Gasteiger partial charge in [-0.15, -0.1) is 5.10 Å². The van der Waals surface area contributed by atoms with Crippen LogP contribution >= 0.6 is 0 Å². The molecular formula is C32H38F6N8O4. The Balaban J connectivity index is 1.43. The number of halogens is 6. The van der Waals surface area contributed by atoms with E-state index in [9.17, 15) is 35.9 Å². The Morgan fingerprint density at radius 1 is 0.900 bits per heavy atom. The third-order valence-corrected chi connectivity index (χ3v) is 9.44. The monoisotopic (exact) mass is 712 g/mol. The van der Waals surface area contributed by atoms with Crippen LogP contribution in [0.25, 0.3) is 5.69 Å². The normalized spacial score (nSPS) is 23.0. The molecular weight excluding hydrogens is 674 g/mol. The van der Waals surface area contributed by atoms with E-state index in [0.29, 0.717) is 69.2 Å². The van der Waals surface area contributed by atoms with Crippen LogP contribution in [0.3, 0.4) is 0 Å². The van der Waals surface area contributed by atoms with Crippen molar-refractivity contribution in [3.8, 4) is 5.69 Å². The minimum absolute atomic E-state index is 0.0703. The van der Waals surface area contributed by atoms with E-state index in [0.717, 1.165) is 0 Å². The standard InChI is InChI=1S/C32H38F6N8O4/c1-4-23-13-25(14-24(5-2)46(23)30(48)50-27-8-6-20(7-9-27)28(47)49-3)44(29-39-15-26(16-40-29)45-18-41-42-43-45)17-19-10-21(31(33,34)35)12-22(11-19)32(36,37)38/h10-12,15-16,18,20,23-25,27H,4-9,13-14,17H2,1-3H3/t20-,23-,24+,25+,27-. The lowest BCUT2D eigenvalue weighted by molar-refractivity contribution is -0.147. The molecule has 5 rings (SSSR count). The Bertz CT molecular complexity index is 1550. The highest BCUT2D eigenvalue weighted by Gasteiger charge is 2.42. The molecule has 1 aromatic carbocycles. The minimum Gasteiger partial charge on any atom is -0.469 e. The zero-order chi connectivity index (χ0) is 36.2. The lowest BCUT2D eigenvalue weighted by Crippen LogP contribution is -2.57. The molecule has 272 valence electrons. The van der Waals surface area contributed by atoms with Crippen molar-refractivity contribution in [3.63, 3.8) is 0 Å². The molecule has 50 heavy (non-hydrogen) atoms. The van der Waals surface area contributed by atoms with E-state index >= 15 is 0 Å². The first-order chi connectivity index (χ1) is 23.7. The molecule has 2 fully saturated rings. The predicted molar refractivity (Wildman–Crippen MR) is 165 cm³/mol. The van der Waals surface area contributed by atoms with E-state index in [-0.39, 0.29) is 54.2 Å². The van der Waals surface area contributed by atoms with Gasteiger partial charge >= 0.3 is 24.4 Å². The Kier molecular flexibility index (Phi) is 11.2. The fourth-order valence-corrected chi connectivity index (χ4v) is 6.85. The van der Waals surface area contributed by atoms with Crippen LogP contribution in [0.2, 0.25) is 0 Å². The molecule has 2 aromatic heterocycles. The average Bonchev–Trinajstić information content (AvgIpc) is 3.64. The van der Waals surface area contributed by atoms with E-state index in [1.165, 1.54) is 30.5 Å². The summed E-state index contributed by atoms with van der Waals surface area (Å²) in [5.41, 5.74) is -2.69. The Morgan fingerprint density at radius 3 is 1.96 bits per heavy atom. The summed E-state index contributed by atoms with van der Waals surface area (Å²) in [6, 6.07) is 0.284. The van der Waals surface area contributed by atoms with Crippen LogP contribution in [0, 0.1) is 5.92 Å². The lowest BCUT2D eigenvalue weighted by atomic mass is 9.87. The minimum atomic E-state index is -5.02. The lowest BCUT2D eigenvalue weighted by Gasteiger charge is -2.47. The quantitative estimate of drug-likeness (QED) is 0.182. The molecule has 0 radical (unpaired) electrons. The summed E-state index contributed by atoms with van der Waals surface area (Å²) in [5, 5.41) is 10.9. The van der Waals surface area contributed by atoms with Crippen molar-refractivity contribution in [2.75, 3.05) is 12.0 Å². The number of ether oxygens (including phenoxy) is 2. The van der Waals surface area contributed by atoms with Gasteiger partial charge in [0.05, 0.1) is 36.5 Å². The van der Waals surface area contributed by atoms with E-state index in [1.54, 1.807) is 9.80 Å². The molecule has 2 aliphatic rings. The fourth-order valence-electron chi connectivity index (χ4n) is 6.85. The van der Waals surface area contributed by atoms with Crippen LogP contribution in [-0.2, 0) is 33.2 Å². The van der Waals surface area contributed by atoms with Gasteiger partial charge in [-0.3, -0.25) is 4.79 Å². The molecule has 0 bridgehead atoms. The summed E-state index contributed by atoms with van der Waals surface area (Å²) in [6.07, 6.45) is -3.05. The van der Waals surface area contributed by atoms with E-state index in [2.05, 4.69) is 25.5 Å². The van der Waals surface area contributed by atoms with E-state index in [4.69, 9.17) is 9.47 Å². The number of anilines is 1. The molecule has 1 saturated carbocycles. The van der Waals surface area contributed by atoms with Gasteiger partial charge in [-0.25, -0.2) is 14.8 Å². The Morgan fingerprint density at radius 2 is 1.48 bits per heavy atom. The number of alkyl halides is 6. The zero-order valence-electron chi connectivity index (χ0n) is 27.7. The van der Waals surface area contributed by atoms with Gasteiger partial charge in [-0.05, 0) is 85.6 Å². The van der Waals surface area contributed by atoms with E-state index in [1.807, 2.05) is 13.8 Å². The van der Waals surface area contributed by atoms with Crippen molar-refractivity contribution in [1.29, 1.82) is 0 Å². The van der Waals surface area contributed by atoms with Gasteiger partial charge in [0.2, 0.25) is 5.95 Å². The third kappa shape index (κ3) is 8.43. The molecule has 1 amide bonds. The number of benzene rings is 1. The SMILES string of the molecule is CC[C@@H]1C[C@H](N(Cc2cc(C(F)(F)F)cc(C(F)(F)F)c2)c2ncc(-n3cnnn3)cn2)C[C@H](CC)N1C(=O)O[C@H]1CC[C@H](C(=O)OC)CC1. The topological polar surface area (TPSA) is 128 Å². The van der Waals surface area contributed by atoms with Crippen LogP contribution in [0.5, 0.6) is 0 Å². The molecule has 0 N–H and O–H groups in total. The number of hydrogen-bond acceptors (Lipinski definition) is 10. The highest BCUT2D eigenvalue weighted by molar-refractivity contribution is 5.72. The number of rotatable bonds is 9. The second kappa shape index (κ2) is 15.2. The third-order valence-electron chi connectivity index (χ3n) is 9.44. The van der Waals surface area contributed by atoms with Crippen LogP contribution in [-0.4, -0.2) is 78.5 Å². The first-order valence-electron chi connectivity index (χ1n) is 16.4. The number of carbonyl (C=O) groups is 2. The highest BCUT2D eigenvalue weighted by Crippen LogP contribution is 2.39. The molecule has 3 heterocycles. The largest absolute Gasteiger partial charge is 0.469 e. The smallest absolute Gasteiger partial charge is 0.416 e. The molecule has 3 aromatic rings. The summed E-state index contributed by atoms with van der Waals surface area (Å²) in [6.45, 7) is 3.42. The van der Waals surface area contributed by atoms with Gasteiger partial charge in [0.15, 0.2) is 0 Å². The van der Waals surface area contributed by atoms with Crippen molar-refractivity contribution in [1.82, 2.24) is 35.1 Å².